The number of halogens is 1. The van der Waals surface area contributed by atoms with Gasteiger partial charge in [0.05, 0.1) is 5.69 Å². The van der Waals surface area contributed by atoms with Crippen molar-refractivity contribution in [2.45, 2.75) is 13.5 Å². The van der Waals surface area contributed by atoms with Gasteiger partial charge in [-0.25, -0.2) is 0 Å². The summed E-state index contributed by atoms with van der Waals surface area (Å²) in [4.78, 5) is 14.4. The first kappa shape index (κ1) is 21.7. The fourth-order valence-electron chi connectivity index (χ4n) is 3.53. The summed E-state index contributed by atoms with van der Waals surface area (Å²) in [7, 11) is 0. The summed E-state index contributed by atoms with van der Waals surface area (Å²) in [6.07, 6.45) is 0. The number of amides is 1. The van der Waals surface area contributed by atoms with Gasteiger partial charge >= 0.3 is 0 Å². The summed E-state index contributed by atoms with van der Waals surface area (Å²) >= 11 is 5.97. The van der Waals surface area contributed by atoms with Crippen LogP contribution in [0.15, 0.2) is 91.0 Å². The van der Waals surface area contributed by atoms with E-state index in [-0.39, 0.29) is 5.91 Å². The van der Waals surface area contributed by atoms with E-state index in [1.807, 2.05) is 61.5 Å². The minimum Gasteiger partial charge on any atom is -0.489 e. The smallest absolute Gasteiger partial charge is 0.255 e. The molecule has 1 N–H and O–H groups in total. The van der Waals surface area contributed by atoms with Gasteiger partial charge in [0.2, 0.25) is 0 Å². The molecular formula is C27H21ClN4O2. The van der Waals surface area contributed by atoms with Crippen LogP contribution in [0.5, 0.6) is 5.75 Å². The van der Waals surface area contributed by atoms with Gasteiger partial charge in [0.1, 0.15) is 23.4 Å². The van der Waals surface area contributed by atoms with Gasteiger partial charge in [-0.2, -0.15) is 4.80 Å². The number of rotatable bonds is 6. The molecule has 34 heavy (non-hydrogen) atoms. The van der Waals surface area contributed by atoms with Crippen LogP contribution in [0.3, 0.4) is 0 Å². The molecule has 1 heterocycles. The maximum Gasteiger partial charge on any atom is 0.255 e. The lowest BCUT2D eigenvalue weighted by molar-refractivity contribution is 0.102. The van der Waals surface area contributed by atoms with Gasteiger partial charge in [0, 0.05) is 16.3 Å². The van der Waals surface area contributed by atoms with Crippen molar-refractivity contribution in [2.75, 3.05) is 5.32 Å². The van der Waals surface area contributed by atoms with Crippen LogP contribution in [0, 0.1) is 6.92 Å². The second kappa shape index (κ2) is 9.37. The van der Waals surface area contributed by atoms with E-state index in [4.69, 9.17) is 16.3 Å². The number of aryl methyl sites for hydroxylation is 1. The summed E-state index contributed by atoms with van der Waals surface area (Å²) in [5.41, 5.74) is 5.43. The van der Waals surface area contributed by atoms with E-state index < -0.39 is 0 Å². The van der Waals surface area contributed by atoms with Gasteiger partial charge in [-0.3, -0.25) is 4.79 Å². The summed E-state index contributed by atoms with van der Waals surface area (Å²) in [5.74, 6) is 0.499. The van der Waals surface area contributed by atoms with Crippen molar-refractivity contribution in [3.8, 4) is 11.4 Å². The highest BCUT2D eigenvalue weighted by molar-refractivity contribution is 6.30. The molecule has 0 atom stereocenters. The molecule has 0 saturated heterocycles. The number of carbonyl (C=O) groups is 1. The van der Waals surface area contributed by atoms with E-state index in [1.165, 1.54) is 0 Å². The third kappa shape index (κ3) is 4.77. The van der Waals surface area contributed by atoms with Crippen molar-refractivity contribution >= 4 is 34.2 Å². The number of benzene rings is 4. The minimum absolute atomic E-state index is 0.206. The standard InChI is InChI=1S/C27H21ClN4O2/c1-18-15-25-26(31-32(30-25)22-11-9-21(28)10-12-22)16-24(18)29-27(33)20-7-13-23(14-8-20)34-17-19-5-3-2-4-6-19/h2-16H,17H2,1H3,(H,29,33). The first-order chi connectivity index (χ1) is 16.5. The molecule has 0 aliphatic heterocycles. The van der Waals surface area contributed by atoms with Gasteiger partial charge < -0.3 is 10.1 Å². The van der Waals surface area contributed by atoms with Gasteiger partial charge in [-0.1, -0.05) is 41.9 Å². The highest BCUT2D eigenvalue weighted by Gasteiger charge is 2.12. The fraction of sp³-hybridized carbons (Fsp3) is 0.0741. The van der Waals surface area contributed by atoms with Crippen LogP contribution in [-0.2, 0) is 6.61 Å². The predicted octanol–water partition coefficient (Wildman–Crippen LogP) is 6.21. The number of anilines is 1. The van der Waals surface area contributed by atoms with Crippen molar-refractivity contribution in [3.05, 3.63) is 113 Å². The molecule has 0 saturated carbocycles. The Balaban J connectivity index is 1.29. The van der Waals surface area contributed by atoms with Gasteiger partial charge in [0.15, 0.2) is 0 Å². The van der Waals surface area contributed by atoms with Crippen LogP contribution in [0.2, 0.25) is 5.02 Å². The van der Waals surface area contributed by atoms with Gasteiger partial charge in [-0.05, 0) is 78.7 Å². The largest absolute Gasteiger partial charge is 0.489 e. The fourth-order valence-corrected chi connectivity index (χ4v) is 3.66. The molecule has 1 aromatic heterocycles. The SMILES string of the molecule is Cc1cc2nn(-c3ccc(Cl)cc3)nc2cc1NC(=O)c1ccc(OCc2ccccc2)cc1. The zero-order valence-corrected chi connectivity index (χ0v) is 19.2. The van der Waals surface area contributed by atoms with Crippen molar-refractivity contribution in [1.82, 2.24) is 15.0 Å². The monoisotopic (exact) mass is 468 g/mol. The molecule has 5 rings (SSSR count). The topological polar surface area (TPSA) is 69.0 Å². The molecule has 0 spiro atoms. The van der Waals surface area contributed by atoms with E-state index in [1.54, 1.807) is 41.2 Å². The number of hydrogen-bond donors (Lipinski definition) is 1. The second-order valence-electron chi connectivity index (χ2n) is 7.87. The highest BCUT2D eigenvalue weighted by atomic mass is 35.5. The first-order valence-electron chi connectivity index (χ1n) is 10.8. The number of carbonyl (C=O) groups excluding carboxylic acids is 1. The third-order valence-electron chi connectivity index (χ3n) is 5.40. The number of aromatic nitrogens is 3. The highest BCUT2D eigenvalue weighted by Crippen LogP contribution is 2.24. The van der Waals surface area contributed by atoms with Crippen LogP contribution in [0.4, 0.5) is 5.69 Å². The van der Waals surface area contributed by atoms with E-state index in [0.29, 0.717) is 34.1 Å². The van der Waals surface area contributed by atoms with Crippen LogP contribution in [0.1, 0.15) is 21.5 Å². The van der Waals surface area contributed by atoms with Crippen LogP contribution in [0.25, 0.3) is 16.7 Å². The van der Waals surface area contributed by atoms with Crippen molar-refractivity contribution in [2.24, 2.45) is 0 Å². The Hall–Kier alpha value is -4.16. The quantitative estimate of drug-likeness (QED) is 0.321. The van der Waals surface area contributed by atoms with E-state index in [0.717, 1.165) is 22.3 Å². The Labute approximate surface area is 201 Å². The number of ether oxygens (including phenoxy) is 1. The zero-order chi connectivity index (χ0) is 23.5. The third-order valence-corrected chi connectivity index (χ3v) is 5.65. The maximum absolute atomic E-state index is 12.8. The minimum atomic E-state index is -0.206. The van der Waals surface area contributed by atoms with Crippen LogP contribution >= 0.6 is 11.6 Å². The normalized spacial score (nSPS) is 10.9. The molecule has 0 aliphatic carbocycles. The Morgan fingerprint density at radius 2 is 1.59 bits per heavy atom. The molecule has 1 amide bonds. The molecule has 0 fully saturated rings. The lowest BCUT2D eigenvalue weighted by Crippen LogP contribution is -2.12. The van der Waals surface area contributed by atoms with Crippen molar-refractivity contribution < 1.29 is 9.53 Å². The lowest BCUT2D eigenvalue weighted by atomic mass is 10.1. The average molecular weight is 469 g/mol. The maximum atomic E-state index is 12.8. The number of fused-ring (bicyclic) bond motifs is 1. The summed E-state index contributed by atoms with van der Waals surface area (Å²) in [6.45, 7) is 2.40. The molecule has 0 aliphatic rings. The molecule has 6 nitrogen and oxygen atoms in total. The Morgan fingerprint density at radius 1 is 0.912 bits per heavy atom. The summed E-state index contributed by atoms with van der Waals surface area (Å²) < 4.78 is 5.80. The molecular weight excluding hydrogens is 448 g/mol. The van der Waals surface area contributed by atoms with Crippen LogP contribution in [-0.4, -0.2) is 20.9 Å². The second-order valence-corrected chi connectivity index (χ2v) is 8.31. The van der Waals surface area contributed by atoms with Gasteiger partial charge in [0.25, 0.3) is 5.91 Å². The lowest BCUT2D eigenvalue weighted by Gasteiger charge is -2.10. The molecule has 0 unspecified atom stereocenters. The summed E-state index contributed by atoms with van der Waals surface area (Å²) in [5, 5.41) is 12.7. The van der Waals surface area contributed by atoms with Crippen molar-refractivity contribution in [3.63, 3.8) is 0 Å². The Bertz CT molecular complexity index is 1450. The molecule has 4 aromatic carbocycles. The zero-order valence-electron chi connectivity index (χ0n) is 18.4. The number of hydrogen-bond acceptors (Lipinski definition) is 4. The molecule has 5 aromatic rings. The Kier molecular flexibility index (Phi) is 5.97. The number of nitrogens with one attached hydrogen (secondary N) is 1. The van der Waals surface area contributed by atoms with Gasteiger partial charge in [-0.15, -0.1) is 10.2 Å². The predicted molar refractivity (Wildman–Crippen MR) is 134 cm³/mol. The Morgan fingerprint density at radius 3 is 2.29 bits per heavy atom. The molecule has 0 bridgehead atoms. The van der Waals surface area contributed by atoms with E-state index >= 15 is 0 Å². The molecule has 7 heteroatoms. The average Bonchev–Trinajstić information content (AvgIpc) is 3.27. The van der Waals surface area contributed by atoms with E-state index in [9.17, 15) is 4.79 Å². The molecule has 0 radical (unpaired) electrons. The summed E-state index contributed by atoms with van der Waals surface area (Å²) in [6, 6.07) is 28.1. The first-order valence-corrected chi connectivity index (χ1v) is 11.1. The van der Waals surface area contributed by atoms with Crippen LogP contribution < -0.4 is 10.1 Å². The van der Waals surface area contributed by atoms with E-state index in [2.05, 4.69) is 15.5 Å². The van der Waals surface area contributed by atoms with Crippen molar-refractivity contribution in [1.29, 1.82) is 0 Å². The number of nitrogens with zero attached hydrogens (tertiary/aromatic N) is 3. The molecule has 168 valence electrons.